The SMILES string of the molecule is CC(C)(CCC1CC2CCCC(C2)C1)OC(=O)NC(Cc1c[nH]c2ccccc12)C(=O)O. The molecule has 3 unspecified atom stereocenters. The molecule has 4 rings (SSSR count). The molecule has 0 spiro atoms. The summed E-state index contributed by atoms with van der Waals surface area (Å²) in [4.78, 5) is 27.5. The zero-order chi connectivity index (χ0) is 22.7. The summed E-state index contributed by atoms with van der Waals surface area (Å²) in [5, 5.41) is 13.2. The molecule has 2 fully saturated rings. The molecule has 32 heavy (non-hydrogen) atoms. The number of aromatic amines is 1. The Morgan fingerprint density at radius 1 is 1.19 bits per heavy atom. The van der Waals surface area contributed by atoms with Gasteiger partial charge in [0.15, 0.2) is 0 Å². The van der Waals surface area contributed by atoms with Crippen LogP contribution in [0.25, 0.3) is 10.9 Å². The third-order valence-electron chi connectivity index (χ3n) is 7.44. The summed E-state index contributed by atoms with van der Waals surface area (Å²) in [6.07, 6.45) is 11.4. The number of para-hydroxylation sites is 1. The molecule has 1 aromatic heterocycles. The van der Waals surface area contributed by atoms with E-state index in [0.29, 0.717) is 0 Å². The van der Waals surface area contributed by atoms with Crippen LogP contribution in [-0.2, 0) is 16.0 Å². The number of alkyl carbamates (subject to hydrolysis) is 1. The van der Waals surface area contributed by atoms with E-state index in [1.54, 1.807) is 6.20 Å². The van der Waals surface area contributed by atoms with Crippen molar-refractivity contribution < 1.29 is 19.4 Å². The number of rotatable bonds is 8. The standard InChI is InChI=1S/C26H36N2O4/c1-26(2,11-10-19-13-17-6-5-7-18(12-17)14-19)32-25(31)28-23(24(29)30)15-20-16-27-22-9-4-3-8-21(20)22/h3-4,8-9,16-19,23,27H,5-7,10-15H2,1-2H3,(H,28,31)(H,29,30). The van der Waals surface area contributed by atoms with Gasteiger partial charge in [0, 0.05) is 23.5 Å². The number of hydrogen-bond acceptors (Lipinski definition) is 3. The van der Waals surface area contributed by atoms with E-state index in [0.717, 1.165) is 47.1 Å². The van der Waals surface area contributed by atoms with Gasteiger partial charge < -0.3 is 20.1 Å². The number of aromatic nitrogens is 1. The lowest BCUT2D eigenvalue weighted by Crippen LogP contribution is -2.45. The smallest absolute Gasteiger partial charge is 0.408 e. The lowest BCUT2D eigenvalue weighted by atomic mass is 9.67. The maximum atomic E-state index is 12.6. The van der Waals surface area contributed by atoms with Gasteiger partial charge >= 0.3 is 12.1 Å². The van der Waals surface area contributed by atoms with E-state index < -0.39 is 23.7 Å². The summed E-state index contributed by atoms with van der Waals surface area (Å²) < 4.78 is 5.69. The van der Waals surface area contributed by atoms with Crippen LogP contribution in [0, 0.1) is 17.8 Å². The molecule has 3 N–H and O–H groups in total. The summed E-state index contributed by atoms with van der Waals surface area (Å²) in [7, 11) is 0. The summed E-state index contributed by atoms with van der Waals surface area (Å²) >= 11 is 0. The predicted molar refractivity (Wildman–Crippen MR) is 125 cm³/mol. The molecule has 1 aromatic carbocycles. The molecular weight excluding hydrogens is 404 g/mol. The Morgan fingerprint density at radius 2 is 1.91 bits per heavy atom. The third-order valence-corrected chi connectivity index (χ3v) is 7.44. The second kappa shape index (κ2) is 9.55. The van der Waals surface area contributed by atoms with E-state index in [1.807, 2.05) is 38.1 Å². The lowest BCUT2D eigenvalue weighted by Gasteiger charge is -2.40. The second-order valence-electron chi connectivity index (χ2n) is 10.5. The minimum absolute atomic E-state index is 0.194. The molecular formula is C26H36N2O4. The van der Waals surface area contributed by atoms with Crippen molar-refractivity contribution in [2.45, 2.75) is 83.3 Å². The van der Waals surface area contributed by atoms with E-state index in [-0.39, 0.29) is 6.42 Å². The number of amides is 1. The summed E-state index contributed by atoms with van der Waals surface area (Å²) in [5.41, 5.74) is 1.18. The molecule has 6 heteroatoms. The molecule has 3 atom stereocenters. The molecule has 2 bridgehead atoms. The fraction of sp³-hybridized carbons (Fsp3) is 0.615. The molecule has 174 valence electrons. The first-order chi connectivity index (χ1) is 15.3. The Hall–Kier alpha value is -2.50. The van der Waals surface area contributed by atoms with Crippen molar-refractivity contribution in [2.24, 2.45) is 17.8 Å². The number of fused-ring (bicyclic) bond motifs is 3. The van der Waals surface area contributed by atoms with E-state index in [2.05, 4.69) is 10.3 Å². The van der Waals surface area contributed by atoms with E-state index >= 15 is 0 Å². The maximum Gasteiger partial charge on any atom is 0.408 e. The van der Waals surface area contributed by atoms with Crippen molar-refractivity contribution in [2.75, 3.05) is 0 Å². The largest absolute Gasteiger partial charge is 0.480 e. The summed E-state index contributed by atoms with van der Waals surface area (Å²) in [5.74, 6) is 1.43. The van der Waals surface area contributed by atoms with Crippen LogP contribution in [0.4, 0.5) is 4.79 Å². The van der Waals surface area contributed by atoms with Gasteiger partial charge in [-0.2, -0.15) is 0 Å². The van der Waals surface area contributed by atoms with Gasteiger partial charge in [-0.05, 0) is 75.3 Å². The number of carboxylic acid groups (broad SMARTS) is 1. The maximum absolute atomic E-state index is 12.6. The summed E-state index contributed by atoms with van der Waals surface area (Å²) in [6.45, 7) is 3.84. The average molecular weight is 441 g/mol. The van der Waals surface area contributed by atoms with Gasteiger partial charge in [-0.1, -0.05) is 37.5 Å². The van der Waals surface area contributed by atoms with Crippen molar-refractivity contribution in [3.8, 4) is 0 Å². The molecule has 2 aromatic rings. The number of carboxylic acids is 1. The van der Waals surface area contributed by atoms with Gasteiger partial charge in [0.1, 0.15) is 11.6 Å². The molecule has 2 aliphatic carbocycles. The Kier molecular flexibility index (Phi) is 6.77. The first-order valence-electron chi connectivity index (χ1n) is 12.1. The van der Waals surface area contributed by atoms with Crippen LogP contribution < -0.4 is 5.32 Å². The van der Waals surface area contributed by atoms with Crippen molar-refractivity contribution in [3.63, 3.8) is 0 Å². The lowest BCUT2D eigenvalue weighted by molar-refractivity contribution is -0.139. The quantitative estimate of drug-likeness (QED) is 0.493. The fourth-order valence-electron chi connectivity index (χ4n) is 5.85. The zero-order valence-corrected chi connectivity index (χ0v) is 19.2. The van der Waals surface area contributed by atoms with Crippen LogP contribution in [0.2, 0.25) is 0 Å². The minimum atomic E-state index is -1.07. The Balaban J connectivity index is 1.29. The molecule has 2 aliphatic rings. The van der Waals surface area contributed by atoms with Gasteiger partial charge in [0.2, 0.25) is 0 Å². The Labute approximate surface area is 190 Å². The number of H-pyrrole nitrogens is 1. The third kappa shape index (κ3) is 5.64. The van der Waals surface area contributed by atoms with Gasteiger partial charge in [-0.15, -0.1) is 0 Å². The minimum Gasteiger partial charge on any atom is -0.480 e. The van der Waals surface area contributed by atoms with Gasteiger partial charge in [-0.3, -0.25) is 0 Å². The van der Waals surface area contributed by atoms with Crippen molar-refractivity contribution in [1.82, 2.24) is 10.3 Å². The molecule has 0 radical (unpaired) electrons. The Morgan fingerprint density at radius 3 is 2.62 bits per heavy atom. The number of hydrogen-bond donors (Lipinski definition) is 3. The van der Waals surface area contributed by atoms with E-state index in [4.69, 9.17) is 4.74 Å². The molecule has 0 aliphatic heterocycles. The van der Waals surface area contributed by atoms with Crippen LogP contribution in [0.3, 0.4) is 0 Å². The highest BCUT2D eigenvalue weighted by Gasteiger charge is 2.33. The number of benzene rings is 1. The predicted octanol–water partition coefficient (Wildman–Crippen LogP) is 5.67. The van der Waals surface area contributed by atoms with Crippen LogP contribution in [-0.4, -0.2) is 33.8 Å². The number of ether oxygens (including phenoxy) is 1. The van der Waals surface area contributed by atoms with Gasteiger partial charge in [-0.25, -0.2) is 9.59 Å². The number of carbonyl (C=O) groups is 2. The molecule has 0 saturated heterocycles. The second-order valence-corrected chi connectivity index (χ2v) is 10.5. The molecule has 2 saturated carbocycles. The monoisotopic (exact) mass is 440 g/mol. The first kappa shape index (κ1) is 22.7. The molecule has 1 amide bonds. The number of nitrogens with one attached hydrogen (secondary N) is 2. The van der Waals surface area contributed by atoms with E-state index in [9.17, 15) is 14.7 Å². The fourth-order valence-corrected chi connectivity index (χ4v) is 5.85. The van der Waals surface area contributed by atoms with Crippen molar-refractivity contribution in [1.29, 1.82) is 0 Å². The van der Waals surface area contributed by atoms with Gasteiger partial charge in [0.25, 0.3) is 0 Å². The van der Waals surface area contributed by atoms with E-state index in [1.165, 1.54) is 38.5 Å². The van der Waals surface area contributed by atoms with Crippen LogP contribution >= 0.6 is 0 Å². The normalized spacial score (nSPS) is 24.1. The first-order valence-corrected chi connectivity index (χ1v) is 12.1. The molecule has 1 heterocycles. The highest BCUT2D eigenvalue weighted by molar-refractivity contribution is 5.85. The van der Waals surface area contributed by atoms with Crippen LogP contribution in [0.15, 0.2) is 30.5 Å². The number of aliphatic carboxylic acids is 1. The molecule has 6 nitrogen and oxygen atoms in total. The van der Waals surface area contributed by atoms with Crippen molar-refractivity contribution in [3.05, 3.63) is 36.0 Å². The topological polar surface area (TPSA) is 91.4 Å². The highest BCUT2D eigenvalue weighted by Crippen LogP contribution is 2.44. The Bertz CT molecular complexity index is 938. The summed E-state index contributed by atoms with van der Waals surface area (Å²) in [6, 6.07) is 6.68. The van der Waals surface area contributed by atoms with Crippen molar-refractivity contribution >= 4 is 23.0 Å². The van der Waals surface area contributed by atoms with Crippen LogP contribution in [0.5, 0.6) is 0 Å². The highest BCUT2D eigenvalue weighted by atomic mass is 16.6. The number of carbonyl (C=O) groups excluding carboxylic acids is 1. The zero-order valence-electron chi connectivity index (χ0n) is 19.2. The van der Waals surface area contributed by atoms with Gasteiger partial charge in [0.05, 0.1) is 0 Å². The van der Waals surface area contributed by atoms with Crippen LogP contribution in [0.1, 0.15) is 70.8 Å². The average Bonchev–Trinajstić information content (AvgIpc) is 3.14.